The monoisotopic (exact) mass is 315 g/mol. The Morgan fingerprint density at radius 2 is 2.18 bits per heavy atom. The van der Waals surface area contributed by atoms with Crippen molar-refractivity contribution in [3.05, 3.63) is 28.8 Å². The zero-order valence-corrected chi connectivity index (χ0v) is 14.3. The summed E-state index contributed by atoms with van der Waals surface area (Å²) in [6, 6.07) is 7.95. The molecule has 2 saturated heterocycles. The van der Waals surface area contributed by atoms with E-state index in [1.165, 1.54) is 53.0 Å². The molecule has 0 radical (unpaired) electrons. The van der Waals surface area contributed by atoms with Gasteiger partial charge in [-0.2, -0.15) is 0 Å². The second kappa shape index (κ2) is 5.91. The standard InChI is InChI=1S/C18H25N3S/c1-12-5-7-14(19-11-12)13-6-8-17-15(10-13)20-18(22-17)16-4-3-9-21(16)2/h6,8,10,12,14,16,19H,3-5,7,9,11H2,1-2H3/t12-,14+,16?/m0/s1. The summed E-state index contributed by atoms with van der Waals surface area (Å²) in [5.74, 6) is 0.809. The Morgan fingerprint density at radius 1 is 1.27 bits per heavy atom. The van der Waals surface area contributed by atoms with Crippen LogP contribution >= 0.6 is 11.3 Å². The van der Waals surface area contributed by atoms with E-state index in [0.717, 1.165) is 12.5 Å². The van der Waals surface area contributed by atoms with Crippen LogP contribution in [0.4, 0.5) is 0 Å². The van der Waals surface area contributed by atoms with E-state index in [1.807, 2.05) is 11.3 Å². The summed E-state index contributed by atoms with van der Waals surface area (Å²) in [5.41, 5.74) is 2.61. The van der Waals surface area contributed by atoms with E-state index in [-0.39, 0.29) is 0 Å². The Bertz CT molecular complexity index is 657. The molecule has 2 fully saturated rings. The number of nitrogens with zero attached hydrogens (tertiary/aromatic N) is 2. The molecular weight excluding hydrogens is 290 g/mol. The zero-order valence-electron chi connectivity index (χ0n) is 13.5. The van der Waals surface area contributed by atoms with Gasteiger partial charge in [-0.1, -0.05) is 13.0 Å². The Kier molecular flexibility index (Phi) is 3.93. The second-order valence-electron chi connectivity index (χ2n) is 7.06. The fourth-order valence-corrected chi connectivity index (χ4v) is 4.98. The average Bonchev–Trinajstić information content (AvgIpc) is 3.12. The van der Waals surface area contributed by atoms with E-state index < -0.39 is 0 Å². The number of likely N-dealkylation sites (tertiary alicyclic amines) is 1. The molecule has 2 aliphatic heterocycles. The van der Waals surface area contributed by atoms with Crippen LogP contribution in [0.25, 0.3) is 10.2 Å². The molecule has 3 nitrogen and oxygen atoms in total. The number of fused-ring (bicyclic) bond motifs is 1. The molecule has 2 aromatic rings. The van der Waals surface area contributed by atoms with E-state index in [1.54, 1.807) is 0 Å². The molecule has 1 aromatic carbocycles. The smallest absolute Gasteiger partial charge is 0.111 e. The van der Waals surface area contributed by atoms with Gasteiger partial charge in [0.1, 0.15) is 5.01 Å². The van der Waals surface area contributed by atoms with Crippen LogP contribution in [0.5, 0.6) is 0 Å². The molecule has 3 heterocycles. The van der Waals surface area contributed by atoms with Crippen molar-refractivity contribution in [2.75, 3.05) is 20.1 Å². The molecule has 0 aliphatic carbocycles. The first-order chi connectivity index (χ1) is 10.7. The van der Waals surface area contributed by atoms with E-state index in [4.69, 9.17) is 4.98 Å². The Morgan fingerprint density at radius 3 is 2.91 bits per heavy atom. The van der Waals surface area contributed by atoms with Crippen LogP contribution in [0.1, 0.15) is 55.3 Å². The van der Waals surface area contributed by atoms with Crippen molar-refractivity contribution in [1.29, 1.82) is 0 Å². The van der Waals surface area contributed by atoms with Crippen LogP contribution < -0.4 is 5.32 Å². The molecule has 4 rings (SSSR count). The van der Waals surface area contributed by atoms with Gasteiger partial charge in [0.05, 0.1) is 16.3 Å². The third-order valence-electron chi connectivity index (χ3n) is 5.30. The van der Waals surface area contributed by atoms with E-state index >= 15 is 0 Å². The van der Waals surface area contributed by atoms with Gasteiger partial charge in [0.15, 0.2) is 0 Å². The quantitative estimate of drug-likeness (QED) is 0.903. The number of benzene rings is 1. The number of rotatable bonds is 2. The van der Waals surface area contributed by atoms with Crippen molar-refractivity contribution in [2.45, 2.75) is 44.7 Å². The molecule has 0 bridgehead atoms. The maximum Gasteiger partial charge on any atom is 0.111 e. The molecule has 4 heteroatoms. The highest BCUT2D eigenvalue weighted by molar-refractivity contribution is 7.18. The Hall–Kier alpha value is -0.970. The number of piperidine rings is 1. The van der Waals surface area contributed by atoms with Crippen LogP contribution in [0.15, 0.2) is 18.2 Å². The fraction of sp³-hybridized carbons (Fsp3) is 0.611. The molecule has 2 aliphatic rings. The molecule has 118 valence electrons. The van der Waals surface area contributed by atoms with Gasteiger partial charge in [-0.05, 0) is 69.4 Å². The predicted molar refractivity (Wildman–Crippen MR) is 93.4 cm³/mol. The maximum absolute atomic E-state index is 4.96. The summed E-state index contributed by atoms with van der Waals surface area (Å²) in [4.78, 5) is 7.41. The molecule has 3 atom stereocenters. The highest BCUT2D eigenvalue weighted by atomic mass is 32.1. The average molecular weight is 315 g/mol. The van der Waals surface area contributed by atoms with Crippen LogP contribution in [0, 0.1) is 5.92 Å². The van der Waals surface area contributed by atoms with Gasteiger partial charge < -0.3 is 5.32 Å². The summed E-state index contributed by atoms with van der Waals surface area (Å²) in [6.07, 6.45) is 5.12. The molecule has 0 amide bonds. The predicted octanol–water partition coefficient (Wildman–Crippen LogP) is 4.12. The van der Waals surface area contributed by atoms with Crippen LogP contribution in [-0.4, -0.2) is 30.0 Å². The van der Waals surface area contributed by atoms with Crippen molar-refractivity contribution in [3.63, 3.8) is 0 Å². The maximum atomic E-state index is 4.96. The summed E-state index contributed by atoms with van der Waals surface area (Å²) in [5, 5.41) is 4.99. The molecule has 0 saturated carbocycles. The van der Waals surface area contributed by atoms with Crippen molar-refractivity contribution in [2.24, 2.45) is 5.92 Å². The minimum atomic E-state index is 0.514. The van der Waals surface area contributed by atoms with E-state index in [9.17, 15) is 0 Å². The zero-order chi connectivity index (χ0) is 15.1. The van der Waals surface area contributed by atoms with Gasteiger partial charge in [-0.3, -0.25) is 4.90 Å². The molecule has 1 N–H and O–H groups in total. The lowest BCUT2D eigenvalue weighted by molar-refractivity contribution is 0.317. The van der Waals surface area contributed by atoms with Gasteiger partial charge in [0.2, 0.25) is 0 Å². The Labute approximate surface area is 136 Å². The lowest BCUT2D eigenvalue weighted by atomic mass is 9.92. The number of aromatic nitrogens is 1. The first-order valence-electron chi connectivity index (χ1n) is 8.55. The SMILES string of the molecule is C[C@H]1CC[C@H](c2ccc3sc(C4CCCN4C)nc3c2)NC1. The van der Waals surface area contributed by atoms with Crippen LogP contribution in [0.2, 0.25) is 0 Å². The number of thiazole rings is 1. The molecule has 0 spiro atoms. The van der Waals surface area contributed by atoms with Gasteiger partial charge >= 0.3 is 0 Å². The van der Waals surface area contributed by atoms with Gasteiger partial charge in [-0.15, -0.1) is 11.3 Å². The number of nitrogens with one attached hydrogen (secondary N) is 1. The summed E-state index contributed by atoms with van der Waals surface area (Å²) >= 11 is 1.88. The first kappa shape index (κ1) is 14.6. The lowest BCUT2D eigenvalue weighted by Crippen LogP contribution is -2.31. The summed E-state index contributed by atoms with van der Waals surface area (Å²) in [7, 11) is 2.22. The molecule has 1 unspecified atom stereocenters. The van der Waals surface area contributed by atoms with Crippen molar-refractivity contribution < 1.29 is 0 Å². The molecular formula is C18H25N3S. The molecule has 22 heavy (non-hydrogen) atoms. The summed E-state index contributed by atoms with van der Waals surface area (Å²) < 4.78 is 1.34. The van der Waals surface area contributed by atoms with Crippen molar-refractivity contribution in [1.82, 2.24) is 15.2 Å². The number of hydrogen-bond acceptors (Lipinski definition) is 4. The second-order valence-corrected chi connectivity index (χ2v) is 8.12. The lowest BCUT2D eigenvalue weighted by Gasteiger charge is -2.28. The van der Waals surface area contributed by atoms with Crippen LogP contribution in [-0.2, 0) is 0 Å². The van der Waals surface area contributed by atoms with Gasteiger partial charge in [-0.25, -0.2) is 4.98 Å². The number of hydrogen-bond donors (Lipinski definition) is 1. The molecule has 1 aromatic heterocycles. The minimum Gasteiger partial charge on any atom is -0.310 e. The highest BCUT2D eigenvalue weighted by Gasteiger charge is 2.26. The van der Waals surface area contributed by atoms with Gasteiger partial charge in [0, 0.05) is 6.04 Å². The normalized spacial score (nSPS) is 30.2. The summed E-state index contributed by atoms with van der Waals surface area (Å²) in [6.45, 7) is 4.67. The Balaban J connectivity index is 1.61. The largest absolute Gasteiger partial charge is 0.310 e. The minimum absolute atomic E-state index is 0.514. The van der Waals surface area contributed by atoms with Crippen molar-refractivity contribution in [3.8, 4) is 0 Å². The van der Waals surface area contributed by atoms with Crippen molar-refractivity contribution >= 4 is 21.6 Å². The third kappa shape index (κ3) is 2.68. The van der Waals surface area contributed by atoms with E-state index in [0.29, 0.717) is 12.1 Å². The van der Waals surface area contributed by atoms with Crippen LogP contribution in [0.3, 0.4) is 0 Å². The third-order valence-corrected chi connectivity index (χ3v) is 6.43. The van der Waals surface area contributed by atoms with Gasteiger partial charge in [0.25, 0.3) is 0 Å². The highest BCUT2D eigenvalue weighted by Crippen LogP contribution is 2.36. The topological polar surface area (TPSA) is 28.2 Å². The first-order valence-corrected chi connectivity index (χ1v) is 9.36. The fourth-order valence-electron chi connectivity index (χ4n) is 3.83. The van der Waals surface area contributed by atoms with E-state index in [2.05, 4.69) is 42.4 Å².